The van der Waals surface area contributed by atoms with Crippen LogP contribution in [-0.2, 0) is 10.0 Å². The Morgan fingerprint density at radius 1 is 1.07 bits per heavy atom. The maximum Gasteiger partial charge on any atom is 0.216 e. The summed E-state index contributed by atoms with van der Waals surface area (Å²) in [7, 11) is -2.90. The van der Waals surface area contributed by atoms with E-state index in [-0.39, 0.29) is 5.25 Å². The molecule has 2 aliphatic rings. The zero-order valence-electron chi connectivity index (χ0n) is 9.65. The summed E-state index contributed by atoms with van der Waals surface area (Å²) >= 11 is 0. The lowest BCUT2D eigenvalue weighted by Crippen LogP contribution is -2.41. The van der Waals surface area contributed by atoms with Crippen molar-refractivity contribution in [3.05, 3.63) is 0 Å². The summed E-state index contributed by atoms with van der Waals surface area (Å²) in [5.41, 5.74) is 0. The largest absolute Gasteiger partial charge is 0.216 e. The van der Waals surface area contributed by atoms with Crippen molar-refractivity contribution in [3.63, 3.8) is 0 Å². The molecule has 2 rings (SSSR count). The van der Waals surface area contributed by atoms with E-state index in [1.165, 1.54) is 0 Å². The van der Waals surface area contributed by atoms with Crippen LogP contribution in [0, 0.1) is 11.8 Å². The van der Waals surface area contributed by atoms with Gasteiger partial charge in [0.05, 0.1) is 5.25 Å². The van der Waals surface area contributed by atoms with Gasteiger partial charge < -0.3 is 0 Å². The van der Waals surface area contributed by atoms with Gasteiger partial charge in [0.2, 0.25) is 10.0 Å². The first-order valence-corrected chi connectivity index (χ1v) is 7.51. The molecular weight excluding hydrogens is 210 g/mol. The molecule has 1 saturated heterocycles. The van der Waals surface area contributed by atoms with Crippen molar-refractivity contribution in [2.24, 2.45) is 11.8 Å². The molecule has 0 unspecified atom stereocenters. The summed E-state index contributed by atoms with van der Waals surface area (Å²) in [5.74, 6) is 1.41. The van der Waals surface area contributed by atoms with Gasteiger partial charge in [-0.25, -0.2) is 12.7 Å². The second-order valence-electron chi connectivity index (χ2n) is 5.22. The summed E-state index contributed by atoms with van der Waals surface area (Å²) in [4.78, 5) is 0. The Kier molecular flexibility index (Phi) is 3.08. The maximum atomic E-state index is 12.0. The highest BCUT2D eigenvalue weighted by atomic mass is 32.2. The summed E-state index contributed by atoms with van der Waals surface area (Å²) in [6.07, 6.45) is 3.85. The van der Waals surface area contributed by atoms with Crippen molar-refractivity contribution in [1.29, 1.82) is 0 Å². The van der Waals surface area contributed by atoms with E-state index in [9.17, 15) is 8.42 Å². The SMILES string of the molecule is CC(C)C1CCN(S(=O)(=O)C2CC2)CC1. The molecule has 0 bridgehead atoms. The van der Waals surface area contributed by atoms with E-state index >= 15 is 0 Å². The molecule has 88 valence electrons. The quantitative estimate of drug-likeness (QED) is 0.743. The van der Waals surface area contributed by atoms with Gasteiger partial charge in [-0.3, -0.25) is 0 Å². The normalized spacial score (nSPS) is 26.1. The first kappa shape index (κ1) is 11.4. The minimum atomic E-state index is -2.90. The van der Waals surface area contributed by atoms with E-state index in [0.717, 1.165) is 44.7 Å². The molecular formula is C11H21NO2S. The molecule has 4 heteroatoms. The Labute approximate surface area is 92.9 Å². The van der Waals surface area contributed by atoms with Gasteiger partial charge in [-0.05, 0) is 37.5 Å². The highest BCUT2D eigenvalue weighted by molar-refractivity contribution is 7.90. The third-order valence-corrected chi connectivity index (χ3v) is 6.15. The van der Waals surface area contributed by atoms with Crippen molar-refractivity contribution < 1.29 is 8.42 Å². The molecule has 3 nitrogen and oxygen atoms in total. The molecule has 0 N–H and O–H groups in total. The average molecular weight is 231 g/mol. The lowest BCUT2D eigenvalue weighted by molar-refractivity contribution is 0.226. The number of nitrogens with zero attached hydrogens (tertiary/aromatic N) is 1. The fraction of sp³-hybridized carbons (Fsp3) is 1.00. The fourth-order valence-electron chi connectivity index (χ4n) is 2.37. The fourth-order valence-corrected chi connectivity index (χ4v) is 4.25. The van der Waals surface area contributed by atoms with Crippen LogP contribution in [-0.4, -0.2) is 31.1 Å². The van der Waals surface area contributed by atoms with Crippen LogP contribution in [0.4, 0.5) is 0 Å². The predicted octanol–water partition coefficient (Wildman–Crippen LogP) is 1.85. The van der Waals surface area contributed by atoms with Gasteiger partial charge in [-0.2, -0.15) is 0 Å². The molecule has 1 aliphatic carbocycles. The van der Waals surface area contributed by atoms with Gasteiger partial charge in [0, 0.05) is 13.1 Å². The third-order valence-electron chi connectivity index (χ3n) is 3.75. The minimum absolute atomic E-state index is 0.0342. The zero-order chi connectivity index (χ0) is 11.1. The molecule has 1 heterocycles. The van der Waals surface area contributed by atoms with Crippen LogP contribution in [0.15, 0.2) is 0 Å². The molecule has 0 spiro atoms. The summed E-state index contributed by atoms with van der Waals surface area (Å²) in [6.45, 7) is 5.97. The Morgan fingerprint density at radius 2 is 1.60 bits per heavy atom. The molecule has 1 saturated carbocycles. The molecule has 1 aliphatic heterocycles. The lowest BCUT2D eigenvalue weighted by Gasteiger charge is -2.33. The van der Waals surface area contributed by atoms with Gasteiger partial charge in [0.1, 0.15) is 0 Å². The average Bonchev–Trinajstić information content (AvgIpc) is 3.01. The van der Waals surface area contributed by atoms with Crippen molar-refractivity contribution in [1.82, 2.24) is 4.31 Å². The first-order chi connectivity index (χ1) is 7.01. The second-order valence-corrected chi connectivity index (χ2v) is 7.44. The molecule has 0 atom stereocenters. The monoisotopic (exact) mass is 231 g/mol. The van der Waals surface area contributed by atoms with Crippen molar-refractivity contribution in [3.8, 4) is 0 Å². The van der Waals surface area contributed by atoms with Gasteiger partial charge in [-0.1, -0.05) is 13.8 Å². The van der Waals surface area contributed by atoms with E-state index in [1.807, 2.05) is 0 Å². The maximum absolute atomic E-state index is 12.0. The van der Waals surface area contributed by atoms with Crippen LogP contribution in [0.3, 0.4) is 0 Å². The molecule has 0 aromatic rings. The van der Waals surface area contributed by atoms with Crippen LogP contribution in [0.25, 0.3) is 0 Å². The van der Waals surface area contributed by atoms with Crippen LogP contribution in [0.5, 0.6) is 0 Å². The molecule has 2 fully saturated rings. The number of rotatable bonds is 3. The summed E-state index contributed by atoms with van der Waals surface area (Å²) in [5, 5.41) is -0.0342. The molecule has 15 heavy (non-hydrogen) atoms. The van der Waals surface area contributed by atoms with Crippen molar-refractivity contribution in [2.45, 2.75) is 44.8 Å². The minimum Gasteiger partial charge on any atom is -0.212 e. The highest BCUT2D eigenvalue weighted by Gasteiger charge is 2.41. The van der Waals surface area contributed by atoms with E-state index in [2.05, 4.69) is 13.8 Å². The lowest BCUT2D eigenvalue weighted by atomic mass is 9.87. The zero-order valence-corrected chi connectivity index (χ0v) is 10.5. The van der Waals surface area contributed by atoms with Gasteiger partial charge >= 0.3 is 0 Å². The molecule has 0 aromatic heterocycles. The Bertz CT molecular complexity index is 311. The standard InChI is InChI=1S/C11H21NO2S/c1-9(2)10-5-7-12(8-6-10)15(13,14)11-3-4-11/h9-11H,3-8H2,1-2H3. The number of hydrogen-bond donors (Lipinski definition) is 0. The molecule has 0 aromatic carbocycles. The van der Waals surface area contributed by atoms with Crippen LogP contribution in [0.1, 0.15) is 39.5 Å². The number of sulfonamides is 1. The topological polar surface area (TPSA) is 37.4 Å². The number of hydrogen-bond acceptors (Lipinski definition) is 2. The van der Waals surface area contributed by atoms with E-state index in [1.54, 1.807) is 4.31 Å². The van der Waals surface area contributed by atoms with E-state index in [4.69, 9.17) is 0 Å². The predicted molar refractivity (Wildman–Crippen MR) is 61.1 cm³/mol. The van der Waals surface area contributed by atoms with Crippen LogP contribution < -0.4 is 0 Å². The van der Waals surface area contributed by atoms with Crippen molar-refractivity contribution in [2.75, 3.05) is 13.1 Å². The smallest absolute Gasteiger partial charge is 0.212 e. The van der Waals surface area contributed by atoms with Crippen LogP contribution >= 0.6 is 0 Å². The Morgan fingerprint density at radius 3 is 2.00 bits per heavy atom. The van der Waals surface area contributed by atoms with E-state index < -0.39 is 10.0 Å². The van der Waals surface area contributed by atoms with Gasteiger partial charge in [0.15, 0.2) is 0 Å². The van der Waals surface area contributed by atoms with Gasteiger partial charge in [0.25, 0.3) is 0 Å². The summed E-state index contributed by atoms with van der Waals surface area (Å²) < 4.78 is 25.6. The number of piperidine rings is 1. The molecule has 0 amide bonds. The summed E-state index contributed by atoms with van der Waals surface area (Å²) in [6, 6.07) is 0. The third kappa shape index (κ3) is 2.36. The van der Waals surface area contributed by atoms with Gasteiger partial charge in [-0.15, -0.1) is 0 Å². The van der Waals surface area contributed by atoms with E-state index in [0.29, 0.717) is 5.92 Å². The molecule has 0 radical (unpaired) electrons. The Balaban J connectivity index is 1.93. The first-order valence-electron chi connectivity index (χ1n) is 6.01. The Hall–Kier alpha value is -0.0900. The van der Waals surface area contributed by atoms with Crippen LogP contribution in [0.2, 0.25) is 0 Å². The highest BCUT2D eigenvalue weighted by Crippen LogP contribution is 2.34. The van der Waals surface area contributed by atoms with Crippen molar-refractivity contribution >= 4 is 10.0 Å². The second kappa shape index (κ2) is 4.06.